The van der Waals surface area contributed by atoms with Crippen LogP contribution >= 0.6 is 11.5 Å². The summed E-state index contributed by atoms with van der Waals surface area (Å²) >= 11 is 1.26. The van der Waals surface area contributed by atoms with E-state index in [9.17, 15) is 4.79 Å². The molecule has 1 aliphatic heterocycles. The van der Waals surface area contributed by atoms with E-state index in [4.69, 9.17) is 4.74 Å². The van der Waals surface area contributed by atoms with Crippen molar-refractivity contribution in [1.82, 2.24) is 14.2 Å². The van der Waals surface area contributed by atoms with Crippen LogP contribution in [-0.4, -0.2) is 26.7 Å². The summed E-state index contributed by atoms with van der Waals surface area (Å²) < 4.78 is 11.3. The summed E-state index contributed by atoms with van der Waals surface area (Å²) in [7, 11) is 0. The normalized spacial score (nSPS) is 13.8. The van der Waals surface area contributed by atoms with Crippen molar-refractivity contribution in [1.29, 1.82) is 0 Å². The number of fused-ring (bicyclic) bond motifs is 1. The number of nitrogens with one attached hydrogen (secondary N) is 1. The van der Waals surface area contributed by atoms with Crippen molar-refractivity contribution in [3.8, 4) is 5.88 Å². The molecule has 6 nitrogen and oxygen atoms in total. The van der Waals surface area contributed by atoms with Gasteiger partial charge in [0.15, 0.2) is 0 Å². The van der Waals surface area contributed by atoms with Gasteiger partial charge in [0.05, 0.1) is 18.5 Å². The number of aromatic nitrogens is 3. The fourth-order valence-electron chi connectivity index (χ4n) is 1.83. The van der Waals surface area contributed by atoms with Crippen LogP contribution in [0.3, 0.4) is 0 Å². The Morgan fingerprint density at radius 2 is 2.50 bits per heavy atom. The molecule has 3 heterocycles. The maximum atomic E-state index is 12.1. The molecule has 0 aliphatic carbocycles. The van der Waals surface area contributed by atoms with Crippen LogP contribution in [-0.2, 0) is 6.54 Å². The maximum absolute atomic E-state index is 12.1. The van der Waals surface area contributed by atoms with E-state index in [1.54, 1.807) is 10.9 Å². The molecule has 0 aromatic carbocycles. The average molecular weight is 264 g/mol. The third kappa shape index (κ3) is 1.97. The second-order valence-electron chi connectivity index (χ2n) is 4.08. The first-order valence-corrected chi connectivity index (χ1v) is 6.44. The second kappa shape index (κ2) is 4.41. The van der Waals surface area contributed by atoms with Crippen LogP contribution < -0.4 is 10.1 Å². The number of rotatable bonds is 2. The van der Waals surface area contributed by atoms with Crippen molar-refractivity contribution in [3.63, 3.8) is 0 Å². The predicted octanol–water partition coefficient (Wildman–Crippen LogP) is 1.68. The number of anilines is 1. The molecule has 2 aromatic heterocycles. The Morgan fingerprint density at radius 3 is 3.28 bits per heavy atom. The molecule has 0 radical (unpaired) electrons. The summed E-state index contributed by atoms with van der Waals surface area (Å²) in [4.78, 5) is 12.1. The maximum Gasteiger partial charge on any atom is 0.263 e. The third-order valence-electron chi connectivity index (χ3n) is 2.65. The molecule has 0 fully saturated rings. The van der Waals surface area contributed by atoms with E-state index in [-0.39, 0.29) is 5.91 Å². The minimum atomic E-state index is -0.207. The topological polar surface area (TPSA) is 69.0 Å². The Bertz CT molecular complexity index is 590. The zero-order valence-electron chi connectivity index (χ0n) is 9.84. The number of carbonyl (C=O) groups excluding carboxylic acids is 1. The minimum absolute atomic E-state index is 0.207. The van der Waals surface area contributed by atoms with Gasteiger partial charge < -0.3 is 10.1 Å². The molecule has 1 amide bonds. The monoisotopic (exact) mass is 264 g/mol. The van der Waals surface area contributed by atoms with E-state index in [0.717, 1.165) is 23.7 Å². The van der Waals surface area contributed by atoms with Gasteiger partial charge in [0.1, 0.15) is 10.6 Å². The van der Waals surface area contributed by atoms with E-state index in [1.807, 2.05) is 13.0 Å². The molecule has 1 aliphatic rings. The lowest BCUT2D eigenvalue weighted by molar-refractivity contribution is 0.102. The Labute approximate surface area is 108 Å². The van der Waals surface area contributed by atoms with E-state index < -0.39 is 0 Å². The summed E-state index contributed by atoms with van der Waals surface area (Å²) in [6.07, 6.45) is 2.47. The molecule has 7 heteroatoms. The van der Waals surface area contributed by atoms with Crippen molar-refractivity contribution in [2.24, 2.45) is 0 Å². The third-order valence-corrected chi connectivity index (χ3v) is 3.45. The number of carbonyl (C=O) groups is 1. The van der Waals surface area contributed by atoms with Crippen LogP contribution in [0.5, 0.6) is 5.88 Å². The Hall–Kier alpha value is -1.89. The first-order chi connectivity index (χ1) is 8.74. The lowest BCUT2D eigenvalue weighted by Crippen LogP contribution is -2.18. The molecule has 0 unspecified atom stereocenters. The van der Waals surface area contributed by atoms with E-state index >= 15 is 0 Å². The molecule has 2 aromatic rings. The predicted molar refractivity (Wildman–Crippen MR) is 67.1 cm³/mol. The molecule has 0 bridgehead atoms. The van der Waals surface area contributed by atoms with Crippen LogP contribution in [0.1, 0.15) is 22.5 Å². The second-order valence-corrected chi connectivity index (χ2v) is 4.88. The van der Waals surface area contributed by atoms with Gasteiger partial charge in [-0.1, -0.05) is 0 Å². The van der Waals surface area contributed by atoms with Crippen molar-refractivity contribution >= 4 is 22.4 Å². The first kappa shape index (κ1) is 11.2. The molecular formula is C11H12N4O2S. The number of amides is 1. The number of nitrogens with zero attached hydrogens (tertiary/aromatic N) is 3. The van der Waals surface area contributed by atoms with E-state index in [0.29, 0.717) is 18.1 Å². The van der Waals surface area contributed by atoms with Gasteiger partial charge in [-0.05, 0) is 24.5 Å². The number of hydrogen-bond donors (Lipinski definition) is 1. The smallest absolute Gasteiger partial charge is 0.263 e. The minimum Gasteiger partial charge on any atom is -0.477 e. The number of ether oxygens (including phenoxy) is 1. The van der Waals surface area contributed by atoms with Gasteiger partial charge in [0.2, 0.25) is 5.88 Å². The quantitative estimate of drug-likeness (QED) is 0.896. The first-order valence-electron chi connectivity index (χ1n) is 5.67. The van der Waals surface area contributed by atoms with Crippen LogP contribution in [0, 0.1) is 6.92 Å². The zero-order chi connectivity index (χ0) is 12.5. The van der Waals surface area contributed by atoms with Crippen LogP contribution in [0.25, 0.3) is 0 Å². The van der Waals surface area contributed by atoms with Gasteiger partial charge in [0, 0.05) is 13.0 Å². The van der Waals surface area contributed by atoms with E-state index in [2.05, 4.69) is 14.8 Å². The van der Waals surface area contributed by atoms with Crippen LogP contribution in [0.2, 0.25) is 0 Å². The van der Waals surface area contributed by atoms with Gasteiger partial charge in [0.25, 0.3) is 5.91 Å². The van der Waals surface area contributed by atoms with Gasteiger partial charge in [-0.15, -0.1) is 0 Å². The molecule has 1 N–H and O–H groups in total. The molecule has 94 valence electrons. The zero-order valence-corrected chi connectivity index (χ0v) is 10.7. The average Bonchev–Trinajstić information content (AvgIpc) is 2.95. The summed E-state index contributed by atoms with van der Waals surface area (Å²) in [5, 5.41) is 7.67. The lowest BCUT2D eigenvalue weighted by atomic mass is 10.3. The van der Waals surface area contributed by atoms with Crippen LogP contribution in [0.4, 0.5) is 5.00 Å². The molecule has 0 atom stereocenters. The highest BCUT2D eigenvalue weighted by Crippen LogP contribution is 2.24. The van der Waals surface area contributed by atoms with Crippen LogP contribution in [0.15, 0.2) is 12.3 Å². The highest BCUT2D eigenvalue weighted by atomic mass is 32.1. The van der Waals surface area contributed by atoms with Crippen molar-refractivity contribution in [2.45, 2.75) is 19.9 Å². The molecular weight excluding hydrogens is 252 g/mol. The van der Waals surface area contributed by atoms with Gasteiger partial charge in [-0.2, -0.15) is 9.47 Å². The van der Waals surface area contributed by atoms with E-state index in [1.165, 1.54) is 11.5 Å². The standard InChI is InChI=1S/C11H12N4O2S/c1-7-5-9(18-14-7)13-10(16)8-6-12-15-3-2-4-17-11(8)15/h5-6H,2-4H2,1H3,(H,13,16). The number of aryl methyl sites for hydroxylation is 2. The Kier molecular flexibility index (Phi) is 2.75. The highest BCUT2D eigenvalue weighted by Gasteiger charge is 2.21. The summed E-state index contributed by atoms with van der Waals surface area (Å²) in [5.41, 5.74) is 1.37. The molecule has 0 saturated heterocycles. The SMILES string of the molecule is Cc1cc(NC(=O)c2cnn3c2OCCC3)sn1. The lowest BCUT2D eigenvalue weighted by Gasteiger charge is -2.15. The summed E-state index contributed by atoms with van der Waals surface area (Å²) in [5.74, 6) is 0.349. The van der Waals surface area contributed by atoms with Gasteiger partial charge in [-0.25, -0.2) is 4.68 Å². The fourth-order valence-corrected chi connectivity index (χ4v) is 2.48. The highest BCUT2D eigenvalue weighted by molar-refractivity contribution is 7.10. The number of hydrogen-bond acceptors (Lipinski definition) is 5. The molecule has 18 heavy (non-hydrogen) atoms. The largest absolute Gasteiger partial charge is 0.477 e. The van der Waals surface area contributed by atoms with Crippen molar-refractivity contribution in [3.05, 3.63) is 23.5 Å². The Morgan fingerprint density at radius 1 is 1.61 bits per heavy atom. The fraction of sp³-hybridized carbons (Fsp3) is 0.364. The summed E-state index contributed by atoms with van der Waals surface area (Å²) in [6.45, 7) is 3.31. The Balaban J connectivity index is 1.82. The van der Waals surface area contributed by atoms with Crippen molar-refractivity contribution < 1.29 is 9.53 Å². The van der Waals surface area contributed by atoms with Gasteiger partial charge in [-0.3, -0.25) is 4.79 Å². The molecule has 0 spiro atoms. The molecule has 3 rings (SSSR count). The van der Waals surface area contributed by atoms with Crippen molar-refractivity contribution in [2.75, 3.05) is 11.9 Å². The molecule has 0 saturated carbocycles. The summed E-state index contributed by atoms with van der Waals surface area (Å²) in [6, 6.07) is 1.83. The van der Waals surface area contributed by atoms with Gasteiger partial charge >= 0.3 is 0 Å².